The summed E-state index contributed by atoms with van der Waals surface area (Å²) in [5, 5.41) is 3.50. The molecule has 0 amide bonds. The van der Waals surface area contributed by atoms with E-state index in [1.54, 1.807) is 6.07 Å². The molecule has 1 saturated carbocycles. The van der Waals surface area contributed by atoms with Crippen molar-refractivity contribution >= 4 is 11.8 Å². The van der Waals surface area contributed by atoms with Crippen LogP contribution < -0.4 is 5.32 Å². The molecule has 2 heterocycles. The predicted molar refractivity (Wildman–Crippen MR) is 75.8 cm³/mol. The van der Waals surface area contributed by atoms with Crippen LogP contribution >= 0.6 is 11.8 Å². The number of hydrogen-bond acceptors (Lipinski definition) is 4. The molecule has 6 heteroatoms. The Morgan fingerprint density at radius 2 is 2.10 bits per heavy atom. The Balaban J connectivity index is 1.40. The number of halogens is 2. The summed E-state index contributed by atoms with van der Waals surface area (Å²) in [4.78, 5) is 2.56. The topological polar surface area (TPSA) is 28.4 Å². The predicted octanol–water partition coefficient (Wildman–Crippen LogP) is 3.06. The van der Waals surface area contributed by atoms with Gasteiger partial charge >= 0.3 is 0 Å². The first-order chi connectivity index (χ1) is 9.70. The number of likely N-dealkylation sites (tertiary alicyclic amines) is 1. The molecule has 0 radical (unpaired) electrons. The molecule has 0 aromatic carbocycles. The Bertz CT molecular complexity index is 437. The maximum absolute atomic E-state index is 12.1. The van der Waals surface area contributed by atoms with Crippen molar-refractivity contribution in [1.82, 2.24) is 10.2 Å². The molecule has 2 aliphatic rings. The first-order valence-electron chi connectivity index (χ1n) is 7.15. The SMILES string of the molecule is FC(F)SCc1ccc(CNC2CCN(C3CC3)C2)o1. The van der Waals surface area contributed by atoms with Gasteiger partial charge in [-0.15, -0.1) is 0 Å². The lowest BCUT2D eigenvalue weighted by atomic mass is 10.2. The molecule has 1 unspecified atom stereocenters. The summed E-state index contributed by atoms with van der Waals surface area (Å²) in [6.07, 6.45) is 3.90. The summed E-state index contributed by atoms with van der Waals surface area (Å²) in [6.45, 7) is 3.00. The number of nitrogens with zero attached hydrogens (tertiary/aromatic N) is 1. The van der Waals surface area contributed by atoms with Gasteiger partial charge in [0.05, 0.1) is 12.3 Å². The van der Waals surface area contributed by atoms with Crippen LogP contribution in [0.4, 0.5) is 8.78 Å². The highest BCUT2D eigenvalue weighted by Gasteiger charge is 2.34. The summed E-state index contributed by atoms with van der Waals surface area (Å²) in [6, 6.07) is 5.03. The van der Waals surface area contributed by atoms with Gasteiger partial charge in [-0.3, -0.25) is 4.90 Å². The van der Waals surface area contributed by atoms with E-state index < -0.39 is 5.76 Å². The molecule has 112 valence electrons. The first-order valence-corrected chi connectivity index (χ1v) is 8.20. The van der Waals surface area contributed by atoms with Gasteiger partial charge in [-0.1, -0.05) is 11.8 Å². The van der Waals surface area contributed by atoms with Crippen molar-refractivity contribution in [1.29, 1.82) is 0 Å². The molecule has 1 aromatic rings. The molecule has 1 aliphatic carbocycles. The lowest BCUT2D eigenvalue weighted by Crippen LogP contribution is -2.32. The van der Waals surface area contributed by atoms with Crippen LogP contribution in [0.2, 0.25) is 0 Å². The number of hydrogen-bond donors (Lipinski definition) is 1. The Morgan fingerprint density at radius 1 is 1.30 bits per heavy atom. The zero-order chi connectivity index (χ0) is 13.9. The number of alkyl halides is 2. The zero-order valence-corrected chi connectivity index (χ0v) is 12.2. The standard InChI is InChI=1S/C14H20F2N2OS/c15-14(16)20-9-13-4-3-12(19-13)7-17-10-5-6-18(8-10)11-1-2-11/h3-4,10-11,14,17H,1-2,5-9H2. The van der Waals surface area contributed by atoms with Crippen molar-refractivity contribution in [3.63, 3.8) is 0 Å². The molecule has 1 aromatic heterocycles. The lowest BCUT2D eigenvalue weighted by molar-refractivity contribution is 0.251. The molecule has 20 heavy (non-hydrogen) atoms. The van der Waals surface area contributed by atoms with Gasteiger partial charge in [-0.2, -0.15) is 8.78 Å². The maximum Gasteiger partial charge on any atom is 0.284 e. The average Bonchev–Trinajstić information content (AvgIpc) is 3.00. The molecule has 1 atom stereocenters. The molecule has 3 rings (SSSR count). The summed E-state index contributed by atoms with van der Waals surface area (Å²) in [5.74, 6) is -0.650. The van der Waals surface area contributed by atoms with Gasteiger partial charge in [0.2, 0.25) is 0 Å². The minimum absolute atomic E-state index is 0.233. The van der Waals surface area contributed by atoms with E-state index in [-0.39, 0.29) is 5.75 Å². The van der Waals surface area contributed by atoms with Gasteiger partial charge in [-0.05, 0) is 31.4 Å². The van der Waals surface area contributed by atoms with Crippen molar-refractivity contribution < 1.29 is 13.2 Å². The third-order valence-electron chi connectivity index (χ3n) is 3.92. The lowest BCUT2D eigenvalue weighted by Gasteiger charge is -2.15. The van der Waals surface area contributed by atoms with Crippen LogP contribution in [0.25, 0.3) is 0 Å². The van der Waals surface area contributed by atoms with Gasteiger partial charge < -0.3 is 9.73 Å². The average molecular weight is 302 g/mol. The zero-order valence-electron chi connectivity index (χ0n) is 11.4. The second-order valence-corrected chi connectivity index (χ2v) is 6.51. The van der Waals surface area contributed by atoms with E-state index >= 15 is 0 Å². The van der Waals surface area contributed by atoms with Gasteiger partial charge in [-0.25, -0.2) is 0 Å². The van der Waals surface area contributed by atoms with Gasteiger partial charge in [0.15, 0.2) is 0 Å². The van der Waals surface area contributed by atoms with Crippen LogP contribution in [0, 0.1) is 0 Å². The summed E-state index contributed by atoms with van der Waals surface area (Å²) in [5.41, 5.74) is 0. The summed E-state index contributed by atoms with van der Waals surface area (Å²) < 4.78 is 29.7. The van der Waals surface area contributed by atoms with E-state index in [2.05, 4.69) is 10.2 Å². The summed E-state index contributed by atoms with van der Waals surface area (Å²) in [7, 11) is 0. The van der Waals surface area contributed by atoms with Crippen molar-refractivity contribution in [3.8, 4) is 0 Å². The van der Waals surface area contributed by atoms with E-state index in [4.69, 9.17) is 4.42 Å². The number of furan rings is 1. The third-order valence-corrected chi connectivity index (χ3v) is 4.62. The van der Waals surface area contributed by atoms with Crippen LogP contribution in [-0.2, 0) is 12.3 Å². The van der Waals surface area contributed by atoms with E-state index in [0.717, 1.165) is 18.3 Å². The van der Waals surface area contributed by atoms with E-state index in [0.29, 0.717) is 30.1 Å². The Morgan fingerprint density at radius 3 is 2.85 bits per heavy atom. The van der Waals surface area contributed by atoms with Gasteiger partial charge in [0.1, 0.15) is 11.5 Å². The molecule has 3 nitrogen and oxygen atoms in total. The molecule has 0 bridgehead atoms. The molecular weight excluding hydrogens is 282 g/mol. The smallest absolute Gasteiger partial charge is 0.284 e. The molecule has 1 aliphatic heterocycles. The van der Waals surface area contributed by atoms with Crippen LogP contribution in [0.1, 0.15) is 30.8 Å². The fourth-order valence-electron chi connectivity index (χ4n) is 2.71. The Kier molecular flexibility index (Phi) is 4.63. The number of nitrogens with one attached hydrogen (secondary N) is 1. The van der Waals surface area contributed by atoms with E-state index in [1.807, 2.05) is 6.07 Å². The van der Waals surface area contributed by atoms with Crippen LogP contribution in [0.5, 0.6) is 0 Å². The highest BCUT2D eigenvalue weighted by molar-refractivity contribution is 7.98. The highest BCUT2D eigenvalue weighted by atomic mass is 32.2. The quantitative estimate of drug-likeness (QED) is 0.838. The molecule has 1 N–H and O–H groups in total. The third kappa shape index (κ3) is 3.96. The minimum Gasteiger partial charge on any atom is -0.464 e. The van der Waals surface area contributed by atoms with Gasteiger partial charge in [0, 0.05) is 25.2 Å². The molecular formula is C14H20F2N2OS. The largest absolute Gasteiger partial charge is 0.464 e. The van der Waals surface area contributed by atoms with Crippen molar-refractivity contribution in [3.05, 3.63) is 23.7 Å². The first kappa shape index (κ1) is 14.4. The van der Waals surface area contributed by atoms with Crippen LogP contribution in [0.3, 0.4) is 0 Å². The normalized spacial score (nSPS) is 23.9. The molecule has 0 spiro atoms. The fraction of sp³-hybridized carbons (Fsp3) is 0.714. The second kappa shape index (κ2) is 6.45. The van der Waals surface area contributed by atoms with Crippen molar-refractivity contribution in [2.75, 3.05) is 13.1 Å². The van der Waals surface area contributed by atoms with Gasteiger partial charge in [0.25, 0.3) is 5.76 Å². The number of thioether (sulfide) groups is 1. The van der Waals surface area contributed by atoms with Crippen LogP contribution in [-0.4, -0.2) is 35.8 Å². The monoisotopic (exact) mass is 302 g/mol. The minimum atomic E-state index is -2.34. The van der Waals surface area contributed by atoms with Crippen LogP contribution in [0.15, 0.2) is 16.5 Å². The molecule has 1 saturated heterocycles. The van der Waals surface area contributed by atoms with Crippen molar-refractivity contribution in [2.45, 2.75) is 49.4 Å². The number of rotatable bonds is 7. The van der Waals surface area contributed by atoms with E-state index in [9.17, 15) is 8.78 Å². The Hall–Kier alpha value is -0.590. The fourth-order valence-corrected chi connectivity index (χ4v) is 3.16. The molecule has 2 fully saturated rings. The second-order valence-electron chi connectivity index (χ2n) is 5.53. The van der Waals surface area contributed by atoms with Crippen molar-refractivity contribution in [2.24, 2.45) is 0 Å². The maximum atomic E-state index is 12.1. The van der Waals surface area contributed by atoms with E-state index in [1.165, 1.54) is 25.8 Å². The Labute approximate surface area is 122 Å². The highest BCUT2D eigenvalue weighted by Crippen LogP contribution is 2.29. The summed E-state index contributed by atoms with van der Waals surface area (Å²) >= 11 is 0.597.